The fraction of sp³-hybridized carbons (Fsp3) is 0.500. The first kappa shape index (κ1) is 17.4. The van der Waals surface area contributed by atoms with Crippen molar-refractivity contribution < 1.29 is 19.1 Å². The molecule has 0 aromatic heterocycles. The molecule has 7 heteroatoms. The number of amides is 4. The van der Waals surface area contributed by atoms with Gasteiger partial charge in [0.05, 0.1) is 0 Å². The van der Waals surface area contributed by atoms with Crippen LogP contribution in [0, 0.1) is 0 Å². The average Bonchev–Trinajstić information content (AvgIpc) is 2.97. The third-order valence-corrected chi connectivity index (χ3v) is 4.98. The monoisotopic (exact) mass is 345 g/mol. The molecule has 25 heavy (non-hydrogen) atoms. The van der Waals surface area contributed by atoms with Gasteiger partial charge in [0.25, 0.3) is 5.91 Å². The van der Waals surface area contributed by atoms with Crippen LogP contribution >= 0.6 is 0 Å². The minimum absolute atomic E-state index is 0.115. The van der Waals surface area contributed by atoms with E-state index in [1.165, 1.54) is 5.56 Å². The SMILES string of the molecule is O=C(CC[C@H]1NC(=O)NC1=O)NCC1(c2ccccc2)CCOCC1. The number of hydrogen-bond acceptors (Lipinski definition) is 4. The third-order valence-electron chi connectivity index (χ3n) is 4.98. The molecule has 0 spiro atoms. The van der Waals surface area contributed by atoms with Crippen LogP contribution in [0.4, 0.5) is 4.79 Å². The van der Waals surface area contributed by atoms with Gasteiger partial charge in [-0.3, -0.25) is 14.9 Å². The molecule has 2 aliphatic heterocycles. The molecule has 4 amide bonds. The van der Waals surface area contributed by atoms with E-state index in [0.29, 0.717) is 26.2 Å². The molecule has 1 aromatic rings. The number of urea groups is 1. The molecule has 7 nitrogen and oxygen atoms in total. The Morgan fingerprint density at radius 2 is 1.92 bits per heavy atom. The Morgan fingerprint density at radius 1 is 1.20 bits per heavy atom. The number of benzene rings is 1. The fourth-order valence-electron chi connectivity index (χ4n) is 3.42. The van der Waals surface area contributed by atoms with Crippen LogP contribution in [0.15, 0.2) is 30.3 Å². The Labute approximate surface area is 146 Å². The van der Waals surface area contributed by atoms with E-state index in [2.05, 4.69) is 28.1 Å². The Balaban J connectivity index is 1.55. The molecule has 3 N–H and O–H groups in total. The number of carbonyl (C=O) groups is 3. The Morgan fingerprint density at radius 3 is 2.56 bits per heavy atom. The van der Waals surface area contributed by atoms with Crippen molar-refractivity contribution in [2.45, 2.75) is 37.1 Å². The summed E-state index contributed by atoms with van der Waals surface area (Å²) in [5.41, 5.74) is 1.09. The van der Waals surface area contributed by atoms with Crippen LogP contribution in [0.5, 0.6) is 0 Å². The van der Waals surface area contributed by atoms with Gasteiger partial charge in [0.15, 0.2) is 0 Å². The van der Waals surface area contributed by atoms with Crippen molar-refractivity contribution in [3.05, 3.63) is 35.9 Å². The minimum Gasteiger partial charge on any atom is -0.381 e. The van der Waals surface area contributed by atoms with Crippen LogP contribution in [0.25, 0.3) is 0 Å². The van der Waals surface area contributed by atoms with E-state index in [9.17, 15) is 14.4 Å². The van der Waals surface area contributed by atoms with E-state index in [1.807, 2.05) is 18.2 Å². The molecule has 0 unspecified atom stereocenters. The highest BCUT2D eigenvalue weighted by Gasteiger charge is 2.35. The zero-order valence-electron chi connectivity index (χ0n) is 14.0. The van der Waals surface area contributed by atoms with Crippen LogP contribution in [0.1, 0.15) is 31.2 Å². The molecule has 2 aliphatic rings. The van der Waals surface area contributed by atoms with E-state index in [0.717, 1.165) is 12.8 Å². The summed E-state index contributed by atoms with van der Waals surface area (Å²) in [6, 6.07) is 9.07. The number of hydrogen-bond donors (Lipinski definition) is 3. The maximum absolute atomic E-state index is 12.2. The largest absolute Gasteiger partial charge is 0.381 e. The predicted molar refractivity (Wildman–Crippen MR) is 90.9 cm³/mol. The lowest BCUT2D eigenvalue weighted by atomic mass is 9.74. The molecule has 3 rings (SSSR count). The molecular formula is C18H23N3O4. The minimum atomic E-state index is -0.621. The number of ether oxygens (including phenoxy) is 1. The summed E-state index contributed by atoms with van der Waals surface area (Å²) in [5.74, 6) is -0.487. The number of imide groups is 1. The van der Waals surface area contributed by atoms with E-state index >= 15 is 0 Å². The predicted octanol–water partition coefficient (Wildman–Crippen LogP) is 0.839. The first-order valence-electron chi connectivity index (χ1n) is 8.60. The average molecular weight is 345 g/mol. The van der Waals surface area contributed by atoms with Crippen molar-refractivity contribution >= 4 is 17.8 Å². The zero-order chi connectivity index (χ0) is 17.7. The van der Waals surface area contributed by atoms with Crippen molar-refractivity contribution in [3.63, 3.8) is 0 Å². The van der Waals surface area contributed by atoms with Crippen molar-refractivity contribution in [2.75, 3.05) is 19.8 Å². The molecule has 0 radical (unpaired) electrons. The smallest absolute Gasteiger partial charge is 0.322 e. The van der Waals surface area contributed by atoms with Crippen molar-refractivity contribution in [3.8, 4) is 0 Å². The molecule has 1 aromatic carbocycles. The lowest BCUT2D eigenvalue weighted by Crippen LogP contribution is -2.44. The molecule has 1 atom stereocenters. The van der Waals surface area contributed by atoms with Gasteiger partial charge in [0.1, 0.15) is 6.04 Å². The van der Waals surface area contributed by atoms with Crippen LogP contribution in [0.3, 0.4) is 0 Å². The van der Waals surface area contributed by atoms with Gasteiger partial charge in [0.2, 0.25) is 5.91 Å². The standard InChI is InChI=1S/C18H23N3O4/c22-15(7-6-14-16(23)21-17(24)20-14)19-12-18(8-10-25-11-9-18)13-4-2-1-3-5-13/h1-5,14H,6-12H2,(H,19,22)(H2,20,21,23,24)/t14-/m1/s1. The zero-order valence-corrected chi connectivity index (χ0v) is 14.0. The second kappa shape index (κ2) is 7.65. The molecule has 0 aliphatic carbocycles. The van der Waals surface area contributed by atoms with E-state index < -0.39 is 12.1 Å². The topological polar surface area (TPSA) is 96.5 Å². The van der Waals surface area contributed by atoms with E-state index in [1.54, 1.807) is 0 Å². The number of carbonyl (C=O) groups excluding carboxylic acids is 3. The van der Waals surface area contributed by atoms with Gasteiger partial charge in [-0.1, -0.05) is 30.3 Å². The Kier molecular flexibility index (Phi) is 5.33. The van der Waals surface area contributed by atoms with Gasteiger partial charge in [-0.25, -0.2) is 4.79 Å². The van der Waals surface area contributed by atoms with Crippen LogP contribution < -0.4 is 16.0 Å². The molecule has 2 heterocycles. The first-order valence-corrected chi connectivity index (χ1v) is 8.60. The summed E-state index contributed by atoms with van der Waals surface area (Å²) in [4.78, 5) is 34.8. The summed E-state index contributed by atoms with van der Waals surface area (Å²) in [6.45, 7) is 1.90. The lowest BCUT2D eigenvalue weighted by Gasteiger charge is -2.38. The van der Waals surface area contributed by atoms with E-state index in [4.69, 9.17) is 4.74 Å². The first-order chi connectivity index (χ1) is 12.1. The van der Waals surface area contributed by atoms with Gasteiger partial charge >= 0.3 is 6.03 Å². The Hall–Kier alpha value is -2.41. The highest BCUT2D eigenvalue weighted by Crippen LogP contribution is 2.34. The quantitative estimate of drug-likeness (QED) is 0.666. The summed E-state index contributed by atoms with van der Waals surface area (Å²) < 4.78 is 5.49. The molecule has 0 saturated carbocycles. The van der Waals surface area contributed by atoms with Crippen LogP contribution in [-0.2, 0) is 19.7 Å². The molecule has 2 fully saturated rings. The summed E-state index contributed by atoms with van der Waals surface area (Å²) in [5, 5.41) is 7.67. The second-order valence-electron chi connectivity index (χ2n) is 6.59. The highest BCUT2D eigenvalue weighted by atomic mass is 16.5. The third kappa shape index (κ3) is 4.17. The van der Waals surface area contributed by atoms with Crippen LogP contribution in [0.2, 0.25) is 0 Å². The van der Waals surface area contributed by atoms with E-state index in [-0.39, 0.29) is 23.7 Å². The molecule has 134 valence electrons. The molecular weight excluding hydrogens is 322 g/mol. The maximum atomic E-state index is 12.2. The number of rotatable bonds is 6. The molecule has 0 bridgehead atoms. The number of nitrogens with one attached hydrogen (secondary N) is 3. The van der Waals surface area contributed by atoms with Gasteiger partial charge in [-0.05, 0) is 24.8 Å². The van der Waals surface area contributed by atoms with Crippen molar-refractivity contribution in [1.82, 2.24) is 16.0 Å². The van der Waals surface area contributed by atoms with Crippen molar-refractivity contribution in [1.29, 1.82) is 0 Å². The normalized spacial score (nSPS) is 22.2. The Bertz CT molecular complexity index is 641. The van der Waals surface area contributed by atoms with Crippen LogP contribution in [-0.4, -0.2) is 43.6 Å². The summed E-state index contributed by atoms with van der Waals surface area (Å²) in [7, 11) is 0. The lowest BCUT2D eigenvalue weighted by molar-refractivity contribution is -0.122. The van der Waals surface area contributed by atoms with Gasteiger partial charge in [-0.2, -0.15) is 0 Å². The highest BCUT2D eigenvalue weighted by molar-refractivity contribution is 6.04. The fourth-order valence-corrected chi connectivity index (χ4v) is 3.42. The van der Waals surface area contributed by atoms with Gasteiger partial charge < -0.3 is 15.4 Å². The van der Waals surface area contributed by atoms with Gasteiger partial charge in [-0.15, -0.1) is 0 Å². The summed E-state index contributed by atoms with van der Waals surface area (Å²) in [6.07, 6.45) is 2.21. The molecule has 2 saturated heterocycles. The second-order valence-corrected chi connectivity index (χ2v) is 6.59. The van der Waals surface area contributed by atoms with Gasteiger partial charge in [0, 0.05) is 31.6 Å². The van der Waals surface area contributed by atoms with Crippen molar-refractivity contribution in [2.24, 2.45) is 0 Å². The maximum Gasteiger partial charge on any atom is 0.322 e. The summed E-state index contributed by atoms with van der Waals surface area (Å²) >= 11 is 0.